The molecule has 3 aromatic rings. The summed E-state index contributed by atoms with van der Waals surface area (Å²) in [5.74, 6) is 1.72. The van der Waals surface area contributed by atoms with Gasteiger partial charge in [0.25, 0.3) is 0 Å². The van der Waals surface area contributed by atoms with Gasteiger partial charge in [0.05, 0.1) is 30.0 Å². The van der Waals surface area contributed by atoms with Crippen molar-refractivity contribution in [1.29, 1.82) is 0 Å². The van der Waals surface area contributed by atoms with Gasteiger partial charge in [-0.2, -0.15) is 0 Å². The zero-order valence-electron chi connectivity index (χ0n) is 13.7. The molecule has 1 fully saturated rings. The Balaban J connectivity index is 1.70. The molecule has 0 spiro atoms. The lowest BCUT2D eigenvalue weighted by Gasteiger charge is -2.15. The van der Waals surface area contributed by atoms with Crippen molar-refractivity contribution in [1.82, 2.24) is 24.5 Å². The second-order valence-electron chi connectivity index (χ2n) is 6.63. The molecule has 0 saturated heterocycles. The topological polar surface area (TPSA) is 65.7 Å². The molecule has 6 nitrogen and oxygen atoms in total. The van der Waals surface area contributed by atoms with Gasteiger partial charge >= 0.3 is 0 Å². The van der Waals surface area contributed by atoms with Gasteiger partial charge in [0, 0.05) is 18.2 Å². The molecule has 122 valence electrons. The highest BCUT2D eigenvalue weighted by molar-refractivity contribution is 5.79. The number of aromatic nitrogens is 5. The standard InChI is InChI=1S/C18H19N5O/c1-24-18-15(16(11-5-6-11)20-10-21-18)17-19-9-14-13(22-17)8-12-4-2-3-7-23(12)14/h8-11H,2-7H2,1H3. The van der Waals surface area contributed by atoms with E-state index in [2.05, 4.69) is 25.6 Å². The Hall–Kier alpha value is -2.50. The summed E-state index contributed by atoms with van der Waals surface area (Å²) in [4.78, 5) is 18.2. The van der Waals surface area contributed by atoms with Crippen LogP contribution in [0, 0.1) is 0 Å². The Morgan fingerprint density at radius 1 is 1.17 bits per heavy atom. The molecule has 1 aliphatic carbocycles. The number of methoxy groups -OCH3 is 1. The van der Waals surface area contributed by atoms with Crippen molar-refractivity contribution < 1.29 is 4.74 Å². The van der Waals surface area contributed by atoms with Gasteiger partial charge in [0.15, 0.2) is 5.82 Å². The number of fused-ring (bicyclic) bond motifs is 3. The molecule has 0 unspecified atom stereocenters. The van der Waals surface area contributed by atoms with Crippen LogP contribution in [0.2, 0.25) is 0 Å². The third-order valence-electron chi connectivity index (χ3n) is 5.03. The van der Waals surface area contributed by atoms with Crippen LogP contribution in [0.3, 0.4) is 0 Å². The Bertz CT molecular complexity index is 929. The van der Waals surface area contributed by atoms with Gasteiger partial charge in [0.2, 0.25) is 5.88 Å². The van der Waals surface area contributed by atoms with Crippen LogP contribution in [-0.2, 0) is 13.0 Å². The fraction of sp³-hybridized carbons (Fsp3) is 0.444. The summed E-state index contributed by atoms with van der Waals surface area (Å²) in [5, 5.41) is 0. The first kappa shape index (κ1) is 13.9. The summed E-state index contributed by atoms with van der Waals surface area (Å²) >= 11 is 0. The van der Waals surface area contributed by atoms with Crippen LogP contribution >= 0.6 is 0 Å². The average Bonchev–Trinajstić information content (AvgIpc) is 3.41. The zero-order chi connectivity index (χ0) is 16.1. The van der Waals surface area contributed by atoms with E-state index in [4.69, 9.17) is 9.72 Å². The normalized spacial score (nSPS) is 17.0. The molecular weight excluding hydrogens is 302 g/mol. The third kappa shape index (κ3) is 2.09. The molecule has 0 aromatic carbocycles. The maximum atomic E-state index is 5.48. The van der Waals surface area contributed by atoms with E-state index in [9.17, 15) is 0 Å². The van der Waals surface area contributed by atoms with E-state index in [1.54, 1.807) is 13.4 Å². The molecule has 0 amide bonds. The average molecular weight is 321 g/mol. The minimum absolute atomic E-state index is 0.485. The molecule has 24 heavy (non-hydrogen) atoms. The maximum Gasteiger partial charge on any atom is 0.227 e. The first-order chi connectivity index (χ1) is 11.8. The highest BCUT2D eigenvalue weighted by Gasteiger charge is 2.31. The molecule has 6 heteroatoms. The molecule has 4 heterocycles. The molecule has 0 radical (unpaired) electrons. The van der Waals surface area contributed by atoms with Crippen LogP contribution < -0.4 is 4.74 Å². The Kier molecular flexibility index (Phi) is 3.04. The smallest absolute Gasteiger partial charge is 0.227 e. The van der Waals surface area contributed by atoms with E-state index < -0.39 is 0 Å². The Morgan fingerprint density at radius 2 is 2.08 bits per heavy atom. The molecule has 1 saturated carbocycles. The zero-order valence-corrected chi connectivity index (χ0v) is 13.7. The Morgan fingerprint density at radius 3 is 2.92 bits per heavy atom. The summed E-state index contributed by atoms with van der Waals surface area (Å²) < 4.78 is 7.83. The van der Waals surface area contributed by atoms with Crippen molar-refractivity contribution in [3.8, 4) is 17.3 Å². The first-order valence-corrected chi connectivity index (χ1v) is 8.59. The van der Waals surface area contributed by atoms with Crippen LogP contribution in [0.4, 0.5) is 0 Å². The summed E-state index contributed by atoms with van der Waals surface area (Å²) in [7, 11) is 1.64. The van der Waals surface area contributed by atoms with Gasteiger partial charge in [0.1, 0.15) is 11.9 Å². The molecule has 3 aromatic heterocycles. The lowest BCUT2D eigenvalue weighted by molar-refractivity contribution is 0.397. The van der Waals surface area contributed by atoms with Crippen molar-refractivity contribution in [2.24, 2.45) is 0 Å². The number of nitrogens with zero attached hydrogens (tertiary/aromatic N) is 5. The molecule has 0 atom stereocenters. The van der Waals surface area contributed by atoms with Crippen molar-refractivity contribution >= 4 is 11.0 Å². The highest BCUT2D eigenvalue weighted by atomic mass is 16.5. The van der Waals surface area contributed by atoms with Crippen LogP contribution in [0.25, 0.3) is 22.4 Å². The molecular formula is C18H19N5O. The SMILES string of the molecule is COc1ncnc(C2CC2)c1-c1ncc2c(cc3n2CCCC3)n1. The van der Waals surface area contributed by atoms with Gasteiger partial charge in [-0.15, -0.1) is 0 Å². The molecule has 2 aliphatic rings. The van der Waals surface area contributed by atoms with Crippen molar-refractivity contribution in [2.75, 3.05) is 7.11 Å². The summed E-state index contributed by atoms with van der Waals surface area (Å²) in [6, 6.07) is 2.20. The fourth-order valence-electron chi connectivity index (χ4n) is 3.67. The van der Waals surface area contributed by atoms with E-state index >= 15 is 0 Å². The lowest BCUT2D eigenvalue weighted by Crippen LogP contribution is -2.09. The monoisotopic (exact) mass is 321 g/mol. The highest BCUT2D eigenvalue weighted by Crippen LogP contribution is 2.44. The van der Waals surface area contributed by atoms with Crippen LogP contribution in [-0.4, -0.2) is 31.6 Å². The second-order valence-corrected chi connectivity index (χ2v) is 6.63. The Labute approximate surface area is 139 Å². The van der Waals surface area contributed by atoms with Gasteiger partial charge in [-0.05, 0) is 38.2 Å². The number of hydrogen-bond acceptors (Lipinski definition) is 5. The fourth-order valence-corrected chi connectivity index (χ4v) is 3.67. The largest absolute Gasteiger partial charge is 0.480 e. The predicted octanol–water partition coefficient (Wildman–Crippen LogP) is 3.11. The van der Waals surface area contributed by atoms with Gasteiger partial charge in [-0.1, -0.05) is 0 Å². The maximum absolute atomic E-state index is 5.48. The van der Waals surface area contributed by atoms with Gasteiger partial charge < -0.3 is 9.30 Å². The van der Waals surface area contributed by atoms with Crippen LogP contribution in [0.15, 0.2) is 18.6 Å². The van der Waals surface area contributed by atoms with E-state index in [-0.39, 0.29) is 0 Å². The minimum Gasteiger partial charge on any atom is -0.480 e. The third-order valence-corrected chi connectivity index (χ3v) is 5.03. The predicted molar refractivity (Wildman–Crippen MR) is 90.0 cm³/mol. The van der Waals surface area contributed by atoms with Gasteiger partial charge in [-0.25, -0.2) is 19.9 Å². The molecule has 0 bridgehead atoms. The quantitative estimate of drug-likeness (QED) is 0.741. The number of aryl methyl sites for hydroxylation is 2. The summed E-state index contributed by atoms with van der Waals surface area (Å²) in [5.41, 5.74) is 5.36. The van der Waals surface area contributed by atoms with Crippen molar-refractivity contribution in [2.45, 2.75) is 44.6 Å². The minimum atomic E-state index is 0.485. The first-order valence-electron chi connectivity index (χ1n) is 8.59. The summed E-state index contributed by atoms with van der Waals surface area (Å²) in [6.45, 7) is 1.06. The van der Waals surface area contributed by atoms with Crippen molar-refractivity contribution in [3.05, 3.63) is 30.0 Å². The second kappa shape index (κ2) is 5.26. The van der Waals surface area contributed by atoms with Gasteiger partial charge in [-0.3, -0.25) is 0 Å². The van der Waals surface area contributed by atoms with E-state index in [1.165, 1.54) is 18.5 Å². The summed E-state index contributed by atoms with van der Waals surface area (Å²) in [6.07, 6.45) is 9.44. The van der Waals surface area contributed by atoms with Crippen molar-refractivity contribution in [3.63, 3.8) is 0 Å². The van der Waals surface area contributed by atoms with Crippen LogP contribution in [0.5, 0.6) is 5.88 Å². The number of rotatable bonds is 3. The number of hydrogen-bond donors (Lipinski definition) is 0. The lowest BCUT2D eigenvalue weighted by atomic mass is 10.1. The number of ether oxygens (including phenoxy) is 1. The van der Waals surface area contributed by atoms with E-state index in [1.807, 2.05) is 6.20 Å². The molecule has 5 rings (SSSR count). The van der Waals surface area contributed by atoms with Crippen LogP contribution in [0.1, 0.15) is 43.0 Å². The van der Waals surface area contributed by atoms with E-state index in [0.717, 1.165) is 48.1 Å². The van der Waals surface area contributed by atoms with E-state index in [0.29, 0.717) is 17.6 Å². The molecule has 1 aliphatic heterocycles. The molecule has 0 N–H and O–H groups in total.